The fourth-order valence-electron chi connectivity index (χ4n) is 3.13. The van der Waals surface area contributed by atoms with Crippen molar-refractivity contribution in [2.45, 2.75) is 13.1 Å². The number of rotatable bonds is 6. The highest BCUT2D eigenvalue weighted by Crippen LogP contribution is 2.13. The highest BCUT2D eigenvalue weighted by molar-refractivity contribution is 5.94. The Labute approximate surface area is 164 Å². The molecule has 0 radical (unpaired) electrons. The van der Waals surface area contributed by atoms with E-state index in [1.165, 1.54) is 5.56 Å². The van der Waals surface area contributed by atoms with Crippen molar-refractivity contribution in [2.24, 2.45) is 0 Å². The van der Waals surface area contributed by atoms with Crippen molar-refractivity contribution >= 4 is 11.7 Å². The molecule has 1 aliphatic heterocycles. The zero-order valence-electron chi connectivity index (χ0n) is 15.6. The van der Waals surface area contributed by atoms with Crippen molar-refractivity contribution in [2.75, 3.05) is 31.2 Å². The Morgan fingerprint density at radius 1 is 1.07 bits per heavy atom. The first-order valence-electron chi connectivity index (χ1n) is 9.40. The number of hydrogen-bond acceptors (Lipinski definition) is 5. The van der Waals surface area contributed by atoms with Gasteiger partial charge in [0.15, 0.2) is 0 Å². The number of carbonyl (C=O) groups is 1. The third-order valence-corrected chi connectivity index (χ3v) is 4.72. The molecule has 3 aromatic rings. The number of nitrogens with one attached hydrogen (secondary N) is 1. The van der Waals surface area contributed by atoms with Crippen LogP contribution >= 0.6 is 0 Å². The maximum Gasteiger partial charge on any atom is 0.253 e. The van der Waals surface area contributed by atoms with Crippen LogP contribution in [0.5, 0.6) is 0 Å². The number of pyridine rings is 1. The number of hydrogen-bond donors (Lipinski definition) is 1. The van der Waals surface area contributed by atoms with Crippen LogP contribution in [0.1, 0.15) is 21.5 Å². The number of nitrogens with zero attached hydrogens (tertiary/aromatic N) is 4. The van der Waals surface area contributed by atoms with Gasteiger partial charge in [0.05, 0.1) is 25.3 Å². The van der Waals surface area contributed by atoms with E-state index in [0.717, 1.165) is 31.0 Å². The molecule has 0 saturated carbocycles. The van der Waals surface area contributed by atoms with Crippen LogP contribution in [-0.4, -0.2) is 47.0 Å². The first-order chi connectivity index (χ1) is 13.8. The lowest BCUT2D eigenvalue weighted by atomic mass is 10.1. The second kappa shape index (κ2) is 8.67. The van der Waals surface area contributed by atoms with Crippen molar-refractivity contribution in [3.05, 3.63) is 77.7 Å². The molecule has 0 bridgehead atoms. The quantitative estimate of drug-likeness (QED) is 0.712. The molecule has 0 unspecified atom stereocenters. The fraction of sp³-hybridized carbons (Fsp3) is 0.286. The Kier molecular flexibility index (Phi) is 5.63. The molecule has 28 heavy (non-hydrogen) atoms. The first kappa shape index (κ1) is 18.2. The molecule has 1 N–H and O–H groups in total. The third kappa shape index (κ3) is 4.55. The minimum Gasteiger partial charge on any atom is -0.378 e. The van der Waals surface area contributed by atoms with Crippen LogP contribution in [0.2, 0.25) is 0 Å². The Morgan fingerprint density at radius 3 is 2.54 bits per heavy atom. The zero-order chi connectivity index (χ0) is 19.2. The number of benzene rings is 1. The Bertz CT molecular complexity index is 886. The van der Waals surface area contributed by atoms with Crippen molar-refractivity contribution in [1.29, 1.82) is 0 Å². The van der Waals surface area contributed by atoms with Gasteiger partial charge in [-0.05, 0) is 29.3 Å². The number of aromatic nitrogens is 3. The summed E-state index contributed by atoms with van der Waals surface area (Å²) in [5, 5.41) is 7.16. The van der Waals surface area contributed by atoms with Crippen molar-refractivity contribution in [3.63, 3.8) is 0 Å². The van der Waals surface area contributed by atoms with Crippen LogP contribution in [0, 0.1) is 0 Å². The third-order valence-electron chi connectivity index (χ3n) is 4.72. The average Bonchev–Trinajstić information content (AvgIpc) is 3.27. The SMILES string of the molecule is O=C(NCc1ccc(Cn2cccn2)cc1)c1ccc(N2CCOCC2)nc1. The number of morpholine rings is 1. The average molecular weight is 377 g/mol. The maximum atomic E-state index is 12.4. The topological polar surface area (TPSA) is 72.3 Å². The molecule has 4 rings (SSSR count). The Morgan fingerprint density at radius 2 is 1.86 bits per heavy atom. The summed E-state index contributed by atoms with van der Waals surface area (Å²) in [5.41, 5.74) is 2.78. The van der Waals surface area contributed by atoms with E-state index in [1.807, 2.05) is 41.2 Å². The van der Waals surface area contributed by atoms with Gasteiger partial charge >= 0.3 is 0 Å². The van der Waals surface area contributed by atoms with Crippen LogP contribution in [0.3, 0.4) is 0 Å². The van der Waals surface area contributed by atoms with Gasteiger partial charge in [0, 0.05) is 38.2 Å². The molecule has 7 heteroatoms. The molecule has 0 aliphatic carbocycles. The highest BCUT2D eigenvalue weighted by Gasteiger charge is 2.13. The lowest BCUT2D eigenvalue weighted by molar-refractivity contribution is 0.0950. The number of amides is 1. The van der Waals surface area contributed by atoms with Gasteiger partial charge in [-0.15, -0.1) is 0 Å². The molecule has 3 heterocycles. The van der Waals surface area contributed by atoms with E-state index < -0.39 is 0 Å². The monoisotopic (exact) mass is 377 g/mol. The number of ether oxygens (including phenoxy) is 1. The van der Waals surface area contributed by atoms with E-state index in [9.17, 15) is 4.79 Å². The first-order valence-corrected chi connectivity index (χ1v) is 9.40. The van der Waals surface area contributed by atoms with E-state index in [1.54, 1.807) is 12.4 Å². The van der Waals surface area contributed by atoms with Gasteiger partial charge in [0.25, 0.3) is 5.91 Å². The molecule has 7 nitrogen and oxygen atoms in total. The summed E-state index contributed by atoms with van der Waals surface area (Å²) in [6, 6.07) is 13.8. The van der Waals surface area contributed by atoms with Gasteiger partial charge in [-0.25, -0.2) is 4.98 Å². The van der Waals surface area contributed by atoms with E-state index in [2.05, 4.69) is 32.4 Å². The summed E-state index contributed by atoms with van der Waals surface area (Å²) in [6.45, 7) is 4.30. The highest BCUT2D eigenvalue weighted by atomic mass is 16.5. The molecule has 1 saturated heterocycles. The molecular weight excluding hydrogens is 354 g/mol. The van der Waals surface area contributed by atoms with Gasteiger partial charge in [-0.2, -0.15) is 5.10 Å². The molecule has 1 aliphatic rings. The summed E-state index contributed by atoms with van der Waals surface area (Å²) in [6.07, 6.45) is 5.34. The van der Waals surface area contributed by atoms with Gasteiger partial charge in [0.1, 0.15) is 5.82 Å². The van der Waals surface area contributed by atoms with Gasteiger partial charge in [-0.1, -0.05) is 24.3 Å². The van der Waals surface area contributed by atoms with Crippen LogP contribution in [-0.2, 0) is 17.8 Å². The van der Waals surface area contributed by atoms with Gasteiger partial charge in [-0.3, -0.25) is 9.48 Å². The predicted octanol–water partition coefficient (Wildman–Crippen LogP) is 2.09. The normalized spacial score (nSPS) is 14.1. The second-order valence-corrected chi connectivity index (χ2v) is 6.71. The molecule has 1 fully saturated rings. The second-order valence-electron chi connectivity index (χ2n) is 6.71. The Hall–Kier alpha value is -3.19. The van der Waals surface area contributed by atoms with E-state index in [4.69, 9.17) is 4.74 Å². The van der Waals surface area contributed by atoms with Crippen LogP contribution in [0.15, 0.2) is 61.1 Å². The molecule has 0 spiro atoms. The molecule has 1 amide bonds. The van der Waals surface area contributed by atoms with Crippen LogP contribution < -0.4 is 10.2 Å². The van der Waals surface area contributed by atoms with E-state index >= 15 is 0 Å². The van der Waals surface area contributed by atoms with Crippen LogP contribution in [0.4, 0.5) is 5.82 Å². The summed E-state index contributed by atoms with van der Waals surface area (Å²) >= 11 is 0. The fourth-order valence-corrected chi connectivity index (χ4v) is 3.13. The van der Waals surface area contributed by atoms with Crippen molar-refractivity contribution < 1.29 is 9.53 Å². The van der Waals surface area contributed by atoms with Crippen LogP contribution in [0.25, 0.3) is 0 Å². The standard InChI is InChI=1S/C21H23N5O2/c27-21(19-6-7-20(22-15-19)25-10-12-28-13-11-25)23-14-17-2-4-18(5-3-17)16-26-9-1-8-24-26/h1-9,15H,10-14,16H2,(H,23,27). The summed E-state index contributed by atoms with van der Waals surface area (Å²) in [4.78, 5) is 19.0. The predicted molar refractivity (Wildman–Crippen MR) is 106 cm³/mol. The smallest absolute Gasteiger partial charge is 0.253 e. The van der Waals surface area contributed by atoms with Gasteiger partial charge < -0.3 is 15.0 Å². The number of anilines is 1. The van der Waals surface area contributed by atoms with E-state index in [0.29, 0.717) is 25.3 Å². The lowest BCUT2D eigenvalue weighted by Gasteiger charge is -2.27. The summed E-state index contributed by atoms with van der Waals surface area (Å²) in [5.74, 6) is 0.759. The number of carbonyl (C=O) groups excluding carboxylic acids is 1. The zero-order valence-corrected chi connectivity index (χ0v) is 15.6. The minimum absolute atomic E-state index is 0.123. The molecular formula is C21H23N5O2. The molecule has 1 aromatic carbocycles. The lowest BCUT2D eigenvalue weighted by Crippen LogP contribution is -2.36. The molecule has 2 aromatic heterocycles. The largest absolute Gasteiger partial charge is 0.378 e. The minimum atomic E-state index is -0.123. The van der Waals surface area contributed by atoms with Crippen molar-refractivity contribution in [3.8, 4) is 0 Å². The Balaban J connectivity index is 1.30. The summed E-state index contributed by atoms with van der Waals surface area (Å²) in [7, 11) is 0. The summed E-state index contributed by atoms with van der Waals surface area (Å²) < 4.78 is 7.23. The van der Waals surface area contributed by atoms with E-state index in [-0.39, 0.29) is 5.91 Å². The maximum absolute atomic E-state index is 12.4. The molecule has 0 atom stereocenters. The van der Waals surface area contributed by atoms with Gasteiger partial charge in [0.2, 0.25) is 0 Å². The molecule has 144 valence electrons. The van der Waals surface area contributed by atoms with Crippen molar-refractivity contribution in [1.82, 2.24) is 20.1 Å².